The highest BCUT2D eigenvalue weighted by Crippen LogP contribution is 2.16. The fourth-order valence-electron chi connectivity index (χ4n) is 1.10. The van der Waals surface area contributed by atoms with Gasteiger partial charge in [-0.25, -0.2) is 8.42 Å². The molecule has 15 heavy (non-hydrogen) atoms. The minimum atomic E-state index is -3.26. The monoisotopic (exact) mass is 243 g/mol. The van der Waals surface area contributed by atoms with Crippen molar-refractivity contribution >= 4 is 21.4 Å². The van der Waals surface area contributed by atoms with Gasteiger partial charge in [-0.1, -0.05) is 11.6 Å². The van der Waals surface area contributed by atoms with Gasteiger partial charge in [-0.2, -0.15) is 5.26 Å². The third-order valence-electron chi connectivity index (χ3n) is 1.87. The first-order chi connectivity index (χ1) is 7.06. The van der Waals surface area contributed by atoms with E-state index < -0.39 is 9.84 Å². The number of nitriles is 1. The highest BCUT2D eigenvalue weighted by atomic mass is 35.5. The number of halogens is 1. The number of benzene rings is 1. The number of hydrogen-bond acceptors (Lipinski definition) is 3. The summed E-state index contributed by atoms with van der Waals surface area (Å²) < 4.78 is 23.3. The molecule has 0 aromatic heterocycles. The van der Waals surface area contributed by atoms with Crippen molar-refractivity contribution in [2.45, 2.75) is 17.7 Å². The number of nitrogens with zero attached hydrogens (tertiary/aromatic N) is 1. The van der Waals surface area contributed by atoms with Crippen molar-refractivity contribution in [2.75, 3.05) is 5.75 Å². The van der Waals surface area contributed by atoms with Gasteiger partial charge in [-0.15, -0.1) is 0 Å². The summed E-state index contributed by atoms with van der Waals surface area (Å²) in [4.78, 5) is 0.254. The van der Waals surface area contributed by atoms with Crippen molar-refractivity contribution in [1.82, 2.24) is 0 Å². The molecular weight excluding hydrogens is 234 g/mol. The quantitative estimate of drug-likeness (QED) is 0.763. The summed E-state index contributed by atoms with van der Waals surface area (Å²) in [5.74, 6) is 0.00217. The minimum Gasteiger partial charge on any atom is -0.224 e. The first-order valence-corrected chi connectivity index (χ1v) is 6.44. The van der Waals surface area contributed by atoms with E-state index in [0.717, 1.165) is 0 Å². The van der Waals surface area contributed by atoms with Gasteiger partial charge in [0.2, 0.25) is 0 Å². The van der Waals surface area contributed by atoms with Gasteiger partial charge >= 0.3 is 0 Å². The summed E-state index contributed by atoms with van der Waals surface area (Å²) in [6.45, 7) is 0. The van der Waals surface area contributed by atoms with Gasteiger partial charge in [-0.05, 0) is 30.7 Å². The third-order valence-corrected chi connectivity index (χ3v) is 3.94. The average Bonchev–Trinajstić information content (AvgIpc) is 2.18. The summed E-state index contributed by atoms with van der Waals surface area (Å²) in [6, 6.07) is 7.95. The molecule has 0 heterocycles. The van der Waals surface area contributed by atoms with Crippen LogP contribution in [0.25, 0.3) is 0 Å². The fourth-order valence-corrected chi connectivity index (χ4v) is 2.54. The predicted molar refractivity (Wildman–Crippen MR) is 58.4 cm³/mol. The fraction of sp³-hybridized carbons (Fsp3) is 0.300. The van der Waals surface area contributed by atoms with Crippen LogP contribution in [-0.4, -0.2) is 14.2 Å². The largest absolute Gasteiger partial charge is 0.224 e. The maximum absolute atomic E-state index is 11.7. The minimum absolute atomic E-state index is 0.00217. The van der Waals surface area contributed by atoms with Crippen molar-refractivity contribution in [3.8, 4) is 6.07 Å². The van der Waals surface area contributed by atoms with E-state index in [4.69, 9.17) is 16.9 Å². The molecule has 0 saturated carbocycles. The van der Waals surface area contributed by atoms with Crippen LogP contribution in [0.15, 0.2) is 29.2 Å². The molecular formula is C10H10ClNO2S. The van der Waals surface area contributed by atoms with Crippen LogP contribution in [0.4, 0.5) is 0 Å². The zero-order valence-corrected chi connectivity index (χ0v) is 9.55. The van der Waals surface area contributed by atoms with Crippen molar-refractivity contribution in [1.29, 1.82) is 5.26 Å². The van der Waals surface area contributed by atoms with E-state index in [1.807, 2.05) is 6.07 Å². The van der Waals surface area contributed by atoms with Crippen LogP contribution in [0.5, 0.6) is 0 Å². The van der Waals surface area contributed by atoms with Crippen LogP contribution in [-0.2, 0) is 9.84 Å². The zero-order chi connectivity index (χ0) is 11.3. The van der Waals surface area contributed by atoms with Crippen molar-refractivity contribution in [3.63, 3.8) is 0 Å². The Kier molecular flexibility index (Phi) is 4.13. The average molecular weight is 244 g/mol. The molecule has 80 valence electrons. The lowest BCUT2D eigenvalue weighted by atomic mass is 10.4. The molecule has 0 atom stereocenters. The van der Waals surface area contributed by atoms with Gasteiger partial charge < -0.3 is 0 Å². The Morgan fingerprint density at radius 1 is 1.27 bits per heavy atom. The van der Waals surface area contributed by atoms with E-state index in [1.54, 1.807) is 12.1 Å². The Morgan fingerprint density at radius 2 is 1.87 bits per heavy atom. The molecule has 1 aromatic carbocycles. The highest BCUT2D eigenvalue weighted by Gasteiger charge is 2.13. The first kappa shape index (κ1) is 12.0. The van der Waals surface area contributed by atoms with Gasteiger partial charge in [0, 0.05) is 11.4 Å². The summed E-state index contributed by atoms with van der Waals surface area (Å²) in [6.07, 6.45) is 0.619. The molecule has 0 fully saturated rings. The van der Waals surface area contributed by atoms with Crippen LogP contribution in [0.1, 0.15) is 12.8 Å². The maximum Gasteiger partial charge on any atom is 0.178 e. The second kappa shape index (κ2) is 5.15. The van der Waals surface area contributed by atoms with Gasteiger partial charge in [0.15, 0.2) is 9.84 Å². The Hall–Kier alpha value is -1.05. The predicted octanol–water partition coefficient (Wildman–Crippen LogP) is 2.42. The second-order valence-electron chi connectivity index (χ2n) is 3.03. The molecule has 0 bridgehead atoms. The van der Waals surface area contributed by atoms with E-state index >= 15 is 0 Å². The van der Waals surface area contributed by atoms with Gasteiger partial charge in [0.1, 0.15) is 0 Å². The van der Waals surface area contributed by atoms with Crippen LogP contribution in [0.2, 0.25) is 5.02 Å². The smallest absolute Gasteiger partial charge is 0.178 e. The topological polar surface area (TPSA) is 57.9 Å². The summed E-state index contributed by atoms with van der Waals surface area (Å²) in [5.41, 5.74) is 0. The number of sulfone groups is 1. The van der Waals surface area contributed by atoms with Crippen molar-refractivity contribution in [3.05, 3.63) is 29.3 Å². The van der Waals surface area contributed by atoms with Crippen molar-refractivity contribution in [2.24, 2.45) is 0 Å². The third kappa shape index (κ3) is 3.54. The normalized spacial score (nSPS) is 10.9. The van der Waals surface area contributed by atoms with E-state index in [9.17, 15) is 8.42 Å². The van der Waals surface area contributed by atoms with E-state index in [2.05, 4.69) is 0 Å². The SMILES string of the molecule is N#CCCCS(=O)(=O)c1ccc(Cl)cc1. The number of rotatable bonds is 4. The molecule has 0 N–H and O–H groups in total. The molecule has 0 aliphatic rings. The van der Waals surface area contributed by atoms with E-state index in [1.165, 1.54) is 12.1 Å². The summed E-state index contributed by atoms with van der Waals surface area (Å²) in [7, 11) is -3.26. The Balaban J connectivity index is 2.79. The molecule has 0 spiro atoms. The van der Waals surface area contributed by atoms with Crippen LogP contribution in [0, 0.1) is 11.3 Å². The lowest BCUT2D eigenvalue weighted by Crippen LogP contribution is -2.06. The molecule has 5 heteroatoms. The Morgan fingerprint density at radius 3 is 2.40 bits per heavy atom. The lowest BCUT2D eigenvalue weighted by Gasteiger charge is -2.02. The highest BCUT2D eigenvalue weighted by molar-refractivity contribution is 7.91. The van der Waals surface area contributed by atoms with E-state index in [-0.39, 0.29) is 17.1 Å². The second-order valence-corrected chi connectivity index (χ2v) is 5.58. The molecule has 0 aliphatic carbocycles. The summed E-state index contributed by atoms with van der Waals surface area (Å²) >= 11 is 5.65. The molecule has 3 nitrogen and oxygen atoms in total. The van der Waals surface area contributed by atoms with Gasteiger partial charge in [-0.3, -0.25) is 0 Å². The Labute approximate surface area is 94.2 Å². The molecule has 0 radical (unpaired) electrons. The lowest BCUT2D eigenvalue weighted by molar-refractivity contribution is 0.594. The van der Waals surface area contributed by atoms with Crippen molar-refractivity contribution < 1.29 is 8.42 Å². The maximum atomic E-state index is 11.7. The van der Waals surface area contributed by atoms with E-state index in [0.29, 0.717) is 11.4 Å². The van der Waals surface area contributed by atoms with Crippen LogP contribution in [0.3, 0.4) is 0 Å². The molecule has 1 aromatic rings. The van der Waals surface area contributed by atoms with Crippen LogP contribution < -0.4 is 0 Å². The zero-order valence-electron chi connectivity index (χ0n) is 7.98. The summed E-state index contributed by atoms with van der Waals surface area (Å²) in [5, 5.41) is 8.81. The number of hydrogen-bond donors (Lipinski definition) is 0. The van der Waals surface area contributed by atoms with Crippen LogP contribution >= 0.6 is 11.6 Å². The number of unbranched alkanes of at least 4 members (excludes halogenated alkanes) is 1. The Bertz CT molecular complexity index is 459. The molecule has 0 amide bonds. The van der Waals surface area contributed by atoms with Gasteiger partial charge in [0.25, 0.3) is 0 Å². The van der Waals surface area contributed by atoms with Gasteiger partial charge in [0.05, 0.1) is 16.7 Å². The molecule has 0 unspecified atom stereocenters. The first-order valence-electron chi connectivity index (χ1n) is 4.41. The molecule has 0 aliphatic heterocycles. The molecule has 0 saturated heterocycles. The molecule has 1 rings (SSSR count). The standard InChI is InChI=1S/C10H10ClNO2S/c11-9-3-5-10(6-4-9)15(13,14)8-2-1-7-12/h3-6H,1-2,8H2.